The molecule has 5 nitrogen and oxygen atoms in total. The standard InChI is InChI=1S/C21H22ClFN2O3/c22-17-4-2-1-3-15(17)6-8-21(27)24-19(14-26)16-5-7-18(23)20(13-16)25-9-11-28-12-10-25/h1-8,13,19,26H,9-12,14H2,(H,24,27). The van der Waals surface area contributed by atoms with Crippen LogP contribution in [-0.4, -0.2) is 43.9 Å². The summed E-state index contributed by atoms with van der Waals surface area (Å²) in [5.74, 6) is -0.719. The molecule has 0 saturated carbocycles. The van der Waals surface area contributed by atoms with Gasteiger partial charge in [-0.2, -0.15) is 0 Å². The summed E-state index contributed by atoms with van der Waals surface area (Å²) >= 11 is 6.07. The van der Waals surface area contributed by atoms with Crippen molar-refractivity contribution in [2.45, 2.75) is 6.04 Å². The first-order chi connectivity index (χ1) is 13.6. The first-order valence-corrected chi connectivity index (χ1v) is 9.42. The van der Waals surface area contributed by atoms with Crippen molar-refractivity contribution in [3.8, 4) is 0 Å². The third-order valence-electron chi connectivity index (χ3n) is 4.54. The Morgan fingerprint density at radius 1 is 1.29 bits per heavy atom. The van der Waals surface area contributed by atoms with E-state index in [0.29, 0.717) is 42.6 Å². The summed E-state index contributed by atoms with van der Waals surface area (Å²) in [6, 6.07) is 11.1. The summed E-state index contributed by atoms with van der Waals surface area (Å²) < 4.78 is 19.6. The summed E-state index contributed by atoms with van der Waals surface area (Å²) in [6.45, 7) is 1.96. The molecule has 1 unspecified atom stereocenters. The quantitative estimate of drug-likeness (QED) is 0.726. The smallest absolute Gasteiger partial charge is 0.244 e. The third kappa shape index (κ3) is 5.10. The van der Waals surface area contributed by atoms with Crippen molar-refractivity contribution in [2.75, 3.05) is 37.8 Å². The van der Waals surface area contributed by atoms with Crippen LogP contribution in [-0.2, 0) is 9.53 Å². The van der Waals surface area contributed by atoms with Crippen molar-refractivity contribution in [1.29, 1.82) is 0 Å². The minimum atomic E-state index is -0.649. The number of benzene rings is 2. The number of nitrogens with zero attached hydrogens (tertiary/aromatic N) is 1. The fourth-order valence-corrected chi connectivity index (χ4v) is 3.22. The Kier molecular flexibility index (Phi) is 7.03. The van der Waals surface area contributed by atoms with Gasteiger partial charge in [0.15, 0.2) is 0 Å². The number of hydrogen-bond acceptors (Lipinski definition) is 4. The SMILES string of the molecule is O=C(C=Cc1ccccc1Cl)NC(CO)c1ccc(F)c(N2CCOCC2)c1. The van der Waals surface area contributed by atoms with Gasteiger partial charge in [0.2, 0.25) is 5.91 Å². The number of halogens is 2. The summed E-state index contributed by atoms with van der Waals surface area (Å²) in [7, 11) is 0. The van der Waals surface area contributed by atoms with E-state index in [1.165, 1.54) is 12.1 Å². The van der Waals surface area contributed by atoms with Crippen LogP contribution >= 0.6 is 11.6 Å². The lowest BCUT2D eigenvalue weighted by molar-refractivity contribution is -0.117. The molecule has 1 aliphatic rings. The molecule has 2 aromatic rings. The summed E-state index contributed by atoms with van der Waals surface area (Å²) in [5.41, 5.74) is 1.79. The number of nitrogens with one attached hydrogen (secondary N) is 1. The lowest BCUT2D eigenvalue weighted by atomic mass is 10.1. The molecule has 0 bridgehead atoms. The average Bonchev–Trinajstić information content (AvgIpc) is 2.72. The van der Waals surface area contributed by atoms with Crippen molar-refractivity contribution in [1.82, 2.24) is 5.32 Å². The molecule has 148 valence electrons. The highest BCUT2D eigenvalue weighted by Crippen LogP contribution is 2.25. The molecule has 0 radical (unpaired) electrons. The van der Waals surface area contributed by atoms with Gasteiger partial charge < -0.3 is 20.1 Å². The molecule has 1 fully saturated rings. The number of carbonyl (C=O) groups is 1. The number of amides is 1. The van der Waals surface area contributed by atoms with Gasteiger partial charge in [-0.05, 0) is 35.4 Å². The van der Waals surface area contributed by atoms with Crippen molar-refractivity contribution in [3.63, 3.8) is 0 Å². The van der Waals surface area contributed by atoms with E-state index < -0.39 is 6.04 Å². The second-order valence-electron chi connectivity index (χ2n) is 6.41. The highest BCUT2D eigenvalue weighted by molar-refractivity contribution is 6.32. The molecule has 1 amide bonds. The number of aliphatic hydroxyl groups excluding tert-OH is 1. The molecule has 1 aliphatic heterocycles. The molecule has 2 aromatic carbocycles. The van der Waals surface area contributed by atoms with Gasteiger partial charge in [-0.1, -0.05) is 35.9 Å². The summed E-state index contributed by atoms with van der Waals surface area (Å²) in [5, 5.41) is 13.0. The Bertz CT molecular complexity index is 853. The largest absolute Gasteiger partial charge is 0.394 e. The van der Waals surface area contributed by atoms with E-state index in [1.807, 2.05) is 17.0 Å². The fraction of sp³-hybridized carbons (Fsp3) is 0.286. The Morgan fingerprint density at radius 2 is 2.04 bits per heavy atom. The zero-order valence-corrected chi connectivity index (χ0v) is 16.0. The van der Waals surface area contributed by atoms with E-state index in [1.54, 1.807) is 30.3 Å². The van der Waals surface area contributed by atoms with Crippen LogP contribution in [0.5, 0.6) is 0 Å². The van der Waals surface area contributed by atoms with Crippen LogP contribution in [0.25, 0.3) is 6.08 Å². The second-order valence-corrected chi connectivity index (χ2v) is 6.82. The van der Waals surface area contributed by atoms with Crippen LogP contribution in [0.1, 0.15) is 17.2 Å². The van der Waals surface area contributed by atoms with Gasteiger partial charge >= 0.3 is 0 Å². The number of ether oxygens (including phenoxy) is 1. The maximum atomic E-state index is 14.3. The average molecular weight is 405 g/mol. The number of rotatable bonds is 6. The Hall–Kier alpha value is -2.41. The molecule has 1 heterocycles. The first kappa shape index (κ1) is 20.3. The third-order valence-corrected chi connectivity index (χ3v) is 4.89. The summed E-state index contributed by atoms with van der Waals surface area (Å²) in [6.07, 6.45) is 2.96. The van der Waals surface area contributed by atoms with Crippen molar-refractivity contribution in [2.24, 2.45) is 0 Å². The predicted octanol–water partition coefficient (Wildman–Crippen LogP) is 3.18. The normalized spacial score (nSPS) is 15.6. The minimum absolute atomic E-state index is 0.306. The van der Waals surface area contributed by atoms with Crippen molar-refractivity contribution < 1.29 is 19.0 Å². The van der Waals surface area contributed by atoms with Crippen LogP contribution in [0.15, 0.2) is 48.5 Å². The fourth-order valence-electron chi connectivity index (χ4n) is 3.02. The molecule has 2 N–H and O–H groups in total. The van der Waals surface area contributed by atoms with Crippen LogP contribution in [0.3, 0.4) is 0 Å². The summed E-state index contributed by atoms with van der Waals surface area (Å²) in [4.78, 5) is 14.2. The van der Waals surface area contributed by atoms with E-state index in [-0.39, 0.29) is 18.3 Å². The van der Waals surface area contributed by atoms with E-state index in [4.69, 9.17) is 16.3 Å². The van der Waals surface area contributed by atoms with Crippen molar-refractivity contribution in [3.05, 3.63) is 70.5 Å². The lowest BCUT2D eigenvalue weighted by Crippen LogP contribution is -2.37. The van der Waals surface area contributed by atoms with Crippen LogP contribution in [0.4, 0.5) is 10.1 Å². The van der Waals surface area contributed by atoms with Gasteiger partial charge in [0.1, 0.15) is 5.82 Å². The van der Waals surface area contributed by atoms with Gasteiger partial charge in [0, 0.05) is 24.2 Å². The molecule has 1 atom stereocenters. The Balaban J connectivity index is 1.72. The zero-order valence-electron chi connectivity index (χ0n) is 15.3. The number of anilines is 1. The molecule has 28 heavy (non-hydrogen) atoms. The van der Waals surface area contributed by atoms with Gasteiger partial charge in [-0.25, -0.2) is 4.39 Å². The van der Waals surface area contributed by atoms with Gasteiger partial charge in [-0.15, -0.1) is 0 Å². The minimum Gasteiger partial charge on any atom is -0.394 e. The zero-order chi connectivity index (χ0) is 19.9. The Morgan fingerprint density at radius 3 is 2.75 bits per heavy atom. The lowest BCUT2D eigenvalue weighted by Gasteiger charge is -2.30. The number of aliphatic hydroxyl groups is 1. The number of carbonyl (C=O) groups excluding carboxylic acids is 1. The highest BCUT2D eigenvalue weighted by atomic mass is 35.5. The Labute approximate surface area is 168 Å². The maximum Gasteiger partial charge on any atom is 0.244 e. The van der Waals surface area contributed by atoms with Crippen LogP contribution in [0.2, 0.25) is 5.02 Å². The van der Waals surface area contributed by atoms with Gasteiger partial charge in [0.05, 0.1) is 31.5 Å². The van der Waals surface area contributed by atoms with E-state index in [2.05, 4.69) is 5.32 Å². The van der Waals surface area contributed by atoms with Crippen molar-refractivity contribution >= 4 is 29.3 Å². The number of morpholine rings is 1. The van der Waals surface area contributed by atoms with Gasteiger partial charge in [0.25, 0.3) is 0 Å². The molecule has 1 saturated heterocycles. The highest BCUT2D eigenvalue weighted by Gasteiger charge is 2.19. The van der Waals surface area contributed by atoms with E-state index in [9.17, 15) is 14.3 Å². The molecule has 0 aromatic heterocycles. The van der Waals surface area contributed by atoms with Crippen LogP contribution in [0, 0.1) is 5.82 Å². The molecular formula is C21H22ClFN2O3. The van der Waals surface area contributed by atoms with Gasteiger partial charge in [-0.3, -0.25) is 4.79 Å². The first-order valence-electron chi connectivity index (χ1n) is 9.04. The predicted molar refractivity (Wildman–Crippen MR) is 108 cm³/mol. The second kappa shape index (κ2) is 9.68. The molecule has 0 aliphatic carbocycles. The molecule has 0 spiro atoms. The number of hydrogen-bond donors (Lipinski definition) is 2. The molecule has 7 heteroatoms. The topological polar surface area (TPSA) is 61.8 Å². The van der Waals surface area contributed by atoms with Crippen LogP contribution < -0.4 is 10.2 Å². The van der Waals surface area contributed by atoms with E-state index in [0.717, 1.165) is 5.56 Å². The molecule has 3 rings (SSSR count). The maximum absolute atomic E-state index is 14.3. The van der Waals surface area contributed by atoms with E-state index >= 15 is 0 Å². The monoisotopic (exact) mass is 404 g/mol. The molecular weight excluding hydrogens is 383 g/mol.